The average molecular weight is 365 g/mol. The van der Waals surface area contributed by atoms with Gasteiger partial charge in [0.1, 0.15) is 5.75 Å². The molecular weight excluding hydrogens is 346 g/mol. The molecule has 9 nitrogen and oxygen atoms in total. The lowest BCUT2D eigenvalue weighted by molar-refractivity contribution is -0.385. The minimum absolute atomic E-state index is 0.154. The Labute approximate surface area is 149 Å². The molecule has 2 rings (SSSR count). The molecule has 1 aromatic carbocycles. The van der Waals surface area contributed by atoms with Gasteiger partial charge in [-0.1, -0.05) is 6.92 Å². The normalized spacial score (nSPS) is 11.0. The van der Waals surface area contributed by atoms with E-state index in [0.717, 1.165) is 0 Å². The largest absolute Gasteiger partial charge is 0.493 e. The Kier molecular flexibility index (Phi) is 6.23. The van der Waals surface area contributed by atoms with E-state index in [-0.39, 0.29) is 11.4 Å². The fraction of sp³-hybridized carbons (Fsp3) is 0.400. The molecule has 134 valence electrons. The van der Waals surface area contributed by atoms with Crippen LogP contribution in [-0.4, -0.2) is 39.2 Å². The molecule has 0 amide bonds. The maximum Gasteiger partial charge on any atom is 0.311 e. The van der Waals surface area contributed by atoms with Crippen molar-refractivity contribution in [2.24, 2.45) is 5.10 Å². The molecule has 0 radical (unpaired) electrons. The Hall–Kier alpha value is -2.75. The lowest BCUT2D eigenvalue weighted by Crippen LogP contribution is -2.03. The minimum atomic E-state index is -0.501. The van der Waals surface area contributed by atoms with E-state index in [1.165, 1.54) is 23.0 Å². The lowest BCUT2D eigenvalue weighted by atomic mass is 10.1. The molecule has 25 heavy (non-hydrogen) atoms. The summed E-state index contributed by atoms with van der Waals surface area (Å²) < 4.78 is 12.7. The number of hydrogen-bond donors (Lipinski definition) is 1. The van der Waals surface area contributed by atoms with Crippen molar-refractivity contribution in [3.05, 3.63) is 38.4 Å². The monoisotopic (exact) mass is 365 g/mol. The Morgan fingerprint density at radius 1 is 1.32 bits per heavy atom. The zero-order valence-electron chi connectivity index (χ0n) is 14.2. The summed E-state index contributed by atoms with van der Waals surface area (Å²) in [6.45, 7) is 6.21. The predicted molar refractivity (Wildman–Crippen MR) is 95.2 cm³/mol. The second-order valence-corrected chi connectivity index (χ2v) is 5.22. The maximum atomic E-state index is 11.3. The zero-order chi connectivity index (χ0) is 18.4. The van der Waals surface area contributed by atoms with E-state index in [9.17, 15) is 10.1 Å². The van der Waals surface area contributed by atoms with Crippen LogP contribution in [0.15, 0.2) is 17.2 Å². The van der Waals surface area contributed by atoms with Crippen LogP contribution in [0.25, 0.3) is 0 Å². The standard InChI is InChI=1S/C15H19N5O4S/c1-4-14-17-18-15(25)19(14)16-9-10-7-11(20(21)22)13(24-6-3)8-12(10)23-5-2/h7-9H,4-6H2,1-3H3,(H,18,25)/b16-9-. The SMILES string of the molecule is CCOc1cc(OCC)c([N+](=O)[O-])cc1/C=N\n1c(CC)n[nH]c1=S. The summed E-state index contributed by atoms with van der Waals surface area (Å²) in [6, 6.07) is 2.87. The fourth-order valence-corrected chi connectivity index (χ4v) is 2.35. The number of nitrogens with zero attached hydrogens (tertiary/aromatic N) is 4. The van der Waals surface area contributed by atoms with Crippen molar-refractivity contribution in [1.82, 2.24) is 14.9 Å². The number of nitro benzene ring substituents is 1. The molecule has 0 fully saturated rings. The van der Waals surface area contributed by atoms with Gasteiger partial charge in [0.05, 0.1) is 24.4 Å². The molecule has 0 aliphatic rings. The zero-order valence-corrected chi connectivity index (χ0v) is 15.0. The molecule has 0 unspecified atom stereocenters. The van der Waals surface area contributed by atoms with Crippen LogP contribution < -0.4 is 9.47 Å². The number of hydrogen-bond acceptors (Lipinski definition) is 7. The van der Waals surface area contributed by atoms with Crippen molar-refractivity contribution < 1.29 is 14.4 Å². The highest BCUT2D eigenvalue weighted by molar-refractivity contribution is 7.71. The number of aryl methyl sites for hydroxylation is 1. The molecule has 0 saturated heterocycles. The Bertz CT molecular complexity index is 843. The van der Waals surface area contributed by atoms with Crippen LogP contribution in [0, 0.1) is 14.9 Å². The van der Waals surface area contributed by atoms with E-state index in [4.69, 9.17) is 21.7 Å². The first kappa shape index (κ1) is 18.6. The van der Waals surface area contributed by atoms with Gasteiger partial charge in [-0.25, -0.2) is 0 Å². The third-order valence-electron chi connectivity index (χ3n) is 3.23. The van der Waals surface area contributed by atoms with E-state index in [0.29, 0.717) is 41.5 Å². The van der Waals surface area contributed by atoms with Crippen LogP contribution in [0.3, 0.4) is 0 Å². The Morgan fingerprint density at radius 3 is 2.60 bits per heavy atom. The van der Waals surface area contributed by atoms with Crippen molar-refractivity contribution in [3.63, 3.8) is 0 Å². The third kappa shape index (κ3) is 4.21. The van der Waals surface area contributed by atoms with Crippen molar-refractivity contribution in [1.29, 1.82) is 0 Å². The van der Waals surface area contributed by atoms with Crippen molar-refractivity contribution in [2.45, 2.75) is 27.2 Å². The van der Waals surface area contributed by atoms with Crippen LogP contribution in [0.2, 0.25) is 0 Å². The van der Waals surface area contributed by atoms with Gasteiger partial charge in [-0.15, -0.1) is 0 Å². The van der Waals surface area contributed by atoms with Gasteiger partial charge in [0.25, 0.3) is 0 Å². The highest BCUT2D eigenvalue weighted by atomic mass is 32.1. The highest BCUT2D eigenvalue weighted by Gasteiger charge is 2.19. The van der Waals surface area contributed by atoms with Gasteiger partial charge in [0.15, 0.2) is 5.82 Å². The molecule has 1 aromatic heterocycles. The first-order valence-electron chi connectivity index (χ1n) is 7.80. The van der Waals surface area contributed by atoms with Gasteiger partial charge in [-0.2, -0.15) is 14.9 Å². The van der Waals surface area contributed by atoms with Gasteiger partial charge in [-0.3, -0.25) is 15.2 Å². The molecular formula is C15H19N5O4S. The molecule has 0 bridgehead atoms. The number of nitro groups is 1. The Morgan fingerprint density at radius 2 is 2.00 bits per heavy atom. The first-order valence-corrected chi connectivity index (χ1v) is 8.21. The number of H-pyrrole nitrogens is 1. The summed E-state index contributed by atoms with van der Waals surface area (Å²) >= 11 is 5.13. The summed E-state index contributed by atoms with van der Waals surface area (Å²) in [5.41, 5.74) is 0.292. The second-order valence-electron chi connectivity index (χ2n) is 4.84. The van der Waals surface area contributed by atoms with E-state index in [1.807, 2.05) is 13.8 Å². The van der Waals surface area contributed by atoms with Crippen LogP contribution in [0.1, 0.15) is 32.2 Å². The maximum absolute atomic E-state index is 11.3. The number of nitrogens with one attached hydrogen (secondary N) is 1. The molecule has 0 aliphatic heterocycles. The molecule has 1 N–H and O–H groups in total. The van der Waals surface area contributed by atoms with Gasteiger partial charge in [0, 0.05) is 24.1 Å². The number of benzene rings is 1. The Balaban J connectivity index is 2.52. The van der Waals surface area contributed by atoms with Crippen LogP contribution in [0.4, 0.5) is 5.69 Å². The van der Waals surface area contributed by atoms with E-state index >= 15 is 0 Å². The third-order valence-corrected chi connectivity index (χ3v) is 3.50. The molecule has 0 atom stereocenters. The number of ether oxygens (including phenoxy) is 2. The van der Waals surface area contributed by atoms with Gasteiger partial charge in [0.2, 0.25) is 10.5 Å². The molecule has 10 heteroatoms. The summed E-state index contributed by atoms with van der Waals surface area (Å²) in [5.74, 6) is 1.25. The van der Waals surface area contributed by atoms with Crippen molar-refractivity contribution in [3.8, 4) is 11.5 Å². The summed E-state index contributed by atoms with van der Waals surface area (Å²) in [5, 5.41) is 22.3. The second kappa shape index (κ2) is 8.38. The fourth-order valence-electron chi connectivity index (χ4n) is 2.15. The van der Waals surface area contributed by atoms with Gasteiger partial charge < -0.3 is 9.47 Å². The smallest absolute Gasteiger partial charge is 0.311 e. The van der Waals surface area contributed by atoms with Gasteiger partial charge >= 0.3 is 5.69 Å². The van der Waals surface area contributed by atoms with E-state index in [1.54, 1.807) is 6.92 Å². The van der Waals surface area contributed by atoms with Crippen LogP contribution >= 0.6 is 12.2 Å². The topological polar surface area (TPSA) is 108 Å². The average Bonchev–Trinajstić information content (AvgIpc) is 2.94. The van der Waals surface area contributed by atoms with E-state index in [2.05, 4.69) is 15.3 Å². The number of rotatable bonds is 8. The summed E-state index contributed by atoms with van der Waals surface area (Å²) in [6.07, 6.45) is 2.09. The number of aromatic amines is 1. The molecule has 0 saturated carbocycles. The lowest BCUT2D eigenvalue weighted by Gasteiger charge is -2.10. The first-order chi connectivity index (χ1) is 12.0. The number of aromatic nitrogens is 3. The van der Waals surface area contributed by atoms with E-state index < -0.39 is 4.92 Å². The van der Waals surface area contributed by atoms with Crippen LogP contribution in [-0.2, 0) is 6.42 Å². The van der Waals surface area contributed by atoms with Crippen LogP contribution in [0.5, 0.6) is 11.5 Å². The predicted octanol–water partition coefficient (Wildman–Crippen LogP) is 3.09. The summed E-state index contributed by atoms with van der Waals surface area (Å²) in [7, 11) is 0. The molecule has 0 spiro atoms. The quantitative estimate of drug-likeness (QED) is 0.333. The molecule has 0 aliphatic carbocycles. The molecule has 1 heterocycles. The van der Waals surface area contributed by atoms with Crippen molar-refractivity contribution in [2.75, 3.05) is 13.2 Å². The highest BCUT2D eigenvalue weighted by Crippen LogP contribution is 2.34. The molecule has 2 aromatic rings. The van der Waals surface area contributed by atoms with Gasteiger partial charge in [-0.05, 0) is 26.1 Å². The van der Waals surface area contributed by atoms with Crippen molar-refractivity contribution >= 4 is 24.1 Å². The summed E-state index contributed by atoms with van der Waals surface area (Å²) in [4.78, 5) is 10.8. The minimum Gasteiger partial charge on any atom is -0.493 e.